The lowest BCUT2D eigenvalue weighted by molar-refractivity contribution is 0.262. The van der Waals surface area contributed by atoms with Crippen molar-refractivity contribution >= 4 is 18.5 Å². The van der Waals surface area contributed by atoms with Crippen molar-refractivity contribution in [1.29, 1.82) is 0 Å². The number of nitrogens with one attached hydrogen (secondary N) is 1. The highest BCUT2D eigenvalue weighted by Gasteiger charge is 2.32. The molecule has 0 heterocycles. The third kappa shape index (κ3) is 6.94. The fourth-order valence-corrected chi connectivity index (χ4v) is 6.16. The third-order valence-electron chi connectivity index (χ3n) is 7.08. The molecule has 0 fully saturated rings. The van der Waals surface area contributed by atoms with Gasteiger partial charge >= 0.3 is 0 Å². The summed E-state index contributed by atoms with van der Waals surface area (Å²) in [7, 11) is 6.28. The number of hydrogen-bond acceptors (Lipinski definition) is 3. The Kier molecular flexibility index (Phi) is 10.0. The lowest BCUT2D eigenvalue weighted by atomic mass is 9.89. The van der Waals surface area contributed by atoms with E-state index in [0.717, 1.165) is 32.7 Å². The molecule has 0 radical (unpaired) electrons. The van der Waals surface area contributed by atoms with E-state index in [2.05, 4.69) is 150 Å². The summed E-state index contributed by atoms with van der Waals surface area (Å²) in [6.07, 6.45) is 0. The highest BCUT2D eigenvalue weighted by Crippen LogP contribution is 2.40. The van der Waals surface area contributed by atoms with E-state index in [1.807, 2.05) is 0 Å². The molecule has 4 rings (SSSR count). The maximum absolute atomic E-state index is 6.08. The van der Waals surface area contributed by atoms with Gasteiger partial charge in [0.25, 0.3) is 0 Å². The number of nitrogens with two attached hydrogens (primary N) is 1. The molecule has 5 heteroatoms. The van der Waals surface area contributed by atoms with Crippen LogP contribution in [0.25, 0.3) is 0 Å². The second kappa shape index (κ2) is 13.4. The van der Waals surface area contributed by atoms with Crippen molar-refractivity contribution < 1.29 is 0 Å². The second-order valence-electron chi connectivity index (χ2n) is 9.65. The molecule has 192 valence electrons. The molecular weight excluding hydrogens is 488 g/mol. The molecule has 0 aliphatic rings. The van der Waals surface area contributed by atoms with Crippen molar-refractivity contribution in [1.82, 2.24) is 10.2 Å². The van der Waals surface area contributed by atoms with Crippen molar-refractivity contribution in [2.75, 3.05) is 39.3 Å². The summed E-state index contributed by atoms with van der Waals surface area (Å²) in [5.41, 5.74) is 11.2. The Morgan fingerprint density at radius 2 is 0.946 bits per heavy atom. The maximum Gasteiger partial charge on any atom is 0.0470 e. The van der Waals surface area contributed by atoms with Crippen LogP contribution in [0.4, 0.5) is 0 Å². The minimum absolute atomic E-state index is 0.195. The lowest BCUT2D eigenvalue weighted by Crippen LogP contribution is -2.44. The number of hydrogen-bond donors (Lipinski definition) is 2. The van der Waals surface area contributed by atoms with Gasteiger partial charge in [0, 0.05) is 49.6 Å². The summed E-state index contributed by atoms with van der Waals surface area (Å²) in [6, 6.07) is 43.0. The zero-order valence-electron chi connectivity index (χ0n) is 21.5. The monoisotopic (exact) mass is 527 g/mol. The fraction of sp³-hybridized carbons (Fsp3) is 0.250. The van der Waals surface area contributed by atoms with Crippen LogP contribution in [0.2, 0.25) is 0 Å². The van der Waals surface area contributed by atoms with E-state index < -0.39 is 0 Å². The zero-order chi connectivity index (χ0) is 26.0. The molecular formula is C32H39N3P2. The molecule has 0 saturated heterocycles. The van der Waals surface area contributed by atoms with Crippen LogP contribution in [-0.2, 0) is 10.3 Å². The molecule has 2 atom stereocenters. The summed E-state index contributed by atoms with van der Waals surface area (Å²) in [6.45, 7) is 4.96. The van der Waals surface area contributed by atoms with Gasteiger partial charge in [0.2, 0.25) is 0 Å². The van der Waals surface area contributed by atoms with Gasteiger partial charge < -0.3 is 11.1 Å². The van der Waals surface area contributed by atoms with Crippen LogP contribution in [0.1, 0.15) is 22.3 Å². The van der Waals surface area contributed by atoms with Gasteiger partial charge in [0.15, 0.2) is 0 Å². The van der Waals surface area contributed by atoms with E-state index in [4.69, 9.17) is 5.73 Å². The molecule has 4 aromatic rings. The lowest BCUT2D eigenvalue weighted by Gasteiger charge is -2.37. The van der Waals surface area contributed by atoms with Crippen LogP contribution < -0.4 is 11.1 Å². The molecule has 0 saturated carbocycles. The first-order valence-electron chi connectivity index (χ1n) is 13.0. The normalized spacial score (nSPS) is 12.1. The molecule has 37 heavy (non-hydrogen) atoms. The Balaban J connectivity index is 1.48. The van der Waals surface area contributed by atoms with Gasteiger partial charge in [-0.25, -0.2) is 0 Å². The first-order valence-corrected chi connectivity index (χ1v) is 14.1. The van der Waals surface area contributed by atoms with Gasteiger partial charge in [-0.2, -0.15) is 0 Å². The van der Waals surface area contributed by atoms with Crippen LogP contribution >= 0.6 is 18.5 Å². The largest absolute Gasteiger partial charge is 0.329 e. The van der Waals surface area contributed by atoms with Crippen molar-refractivity contribution in [2.24, 2.45) is 5.73 Å². The van der Waals surface area contributed by atoms with E-state index >= 15 is 0 Å². The fourth-order valence-electron chi connectivity index (χ4n) is 4.99. The van der Waals surface area contributed by atoms with E-state index in [9.17, 15) is 0 Å². The van der Waals surface area contributed by atoms with Crippen molar-refractivity contribution in [2.45, 2.75) is 10.3 Å². The molecule has 2 unspecified atom stereocenters. The summed E-state index contributed by atoms with van der Waals surface area (Å²) < 4.78 is 0. The Morgan fingerprint density at radius 3 is 1.32 bits per heavy atom. The zero-order valence-corrected chi connectivity index (χ0v) is 23.8. The van der Waals surface area contributed by atoms with E-state index in [1.165, 1.54) is 22.3 Å². The molecule has 0 amide bonds. The summed E-state index contributed by atoms with van der Waals surface area (Å²) in [4.78, 5) is 2.48. The number of rotatable bonds is 13. The summed E-state index contributed by atoms with van der Waals surface area (Å²) in [5, 5.41) is 3.36. The van der Waals surface area contributed by atoms with Crippen LogP contribution in [0.3, 0.4) is 0 Å². The smallest absolute Gasteiger partial charge is 0.0470 e. The van der Waals surface area contributed by atoms with Gasteiger partial charge in [0.05, 0.1) is 0 Å². The molecule has 3 nitrogen and oxygen atoms in total. The topological polar surface area (TPSA) is 41.3 Å². The average molecular weight is 528 g/mol. The van der Waals surface area contributed by atoms with Gasteiger partial charge in [-0.05, 0) is 22.3 Å². The maximum atomic E-state index is 6.08. The van der Waals surface area contributed by atoms with E-state index in [-0.39, 0.29) is 10.3 Å². The minimum atomic E-state index is -0.212. The first kappa shape index (κ1) is 27.6. The highest BCUT2D eigenvalue weighted by atomic mass is 31.0. The van der Waals surface area contributed by atoms with Crippen LogP contribution in [0.15, 0.2) is 121 Å². The Morgan fingerprint density at radius 1 is 0.568 bits per heavy atom. The summed E-state index contributed by atoms with van der Waals surface area (Å²) in [5.74, 6) is 0. The SMILES string of the molecule is NCCN(CCNCC(P)(c1ccccc1)c1ccccc1)CC(P)(c1ccccc1)c1ccccc1. The Hall–Kier alpha value is -2.38. The molecule has 0 bridgehead atoms. The Bertz CT molecular complexity index is 1110. The van der Waals surface area contributed by atoms with Crippen LogP contribution in [0.5, 0.6) is 0 Å². The van der Waals surface area contributed by atoms with Gasteiger partial charge in [-0.15, -0.1) is 18.5 Å². The standard InChI is InChI=1S/C32H39N3P2/c33-21-23-35(26-32(37,29-17-9-3-10-18-29)30-19-11-4-12-20-30)24-22-34-25-31(36,27-13-5-1-6-14-27)28-15-7-2-8-16-28/h1-20,34H,21-26,33,36-37H2. The molecule has 4 aromatic carbocycles. The van der Waals surface area contributed by atoms with Gasteiger partial charge in [-0.3, -0.25) is 4.90 Å². The van der Waals surface area contributed by atoms with Crippen molar-refractivity contribution in [3.05, 3.63) is 144 Å². The third-order valence-corrected chi connectivity index (χ3v) is 8.80. The van der Waals surface area contributed by atoms with Crippen LogP contribution in [-0.4, -0.2) is 44.2 Å². The molecule has 0 aliphatic carbocycles. The predicted molar refractivity (Wildman–Crippen MR) is 165 cm³/mol. The number of nitrogens with zero attached hydrogens (tertiary/aromatic N) is 1. The molecule has 0 aromatic heterocycles. The highest BCUT2D eigenvalue weighted by molar-refractivity contribution is 7.19. The number of benzene rings is 4. The van der Waals surface area contributed by atoms with Gasteiger partial charge in [-0.1, -0.05) is 121 Å². The molecule has 3 N–H and O–H groups in total. The van der Waals surface area contributed by atoms with Crippen LogP contribution in [0, 0.1) is 0 Å². The van der Waals surface area contributed by atoms with E-state index in [0.29, 0.717) is 6.54 Å². The second-order valence-corrected chi connectivity index (χ2v) is 11.6. The minimum Gasteiger partial charge on any atom is -0.329 e. The molecule has 0 spiro atoms. The molecule has 0 aliphatic heterocycles. The average Bonchev–Trinajstić information content (AvgIpc) is 2.97. The summed E-state index contributed by atoms with van der Waals surface area (Å²) >= 11 is 0. The quantitative estimate of drug-likeness (QED) is 0.179. The van der Waals surface area contributed by atoms with Gasteiger partial charge in [0.1, 0.15) is 0 Å². The van der Waals surface area contributed by atoms with Crippen molar-refractivity contribution in [3.63, 3.8) is 0 Å². The Labute approximate surface area is 227 Å². The van der Waals surface area contributed by atoms with E-state index in [1.54, 1.807) is 0 Å². The predicted octanol–water partition coefficient (Wildman–Crippen LogP) is 5.47. The van der Waals surface area contributed by atoms with Crippen molar-refractivity contribution in [3.8, 4) is 0 Å². The first-order chi connectivity index (χ1) is 18.1.